The topological polar surface area (TPSA) is 38.8 Å². The zero-order chi connectivity index (χ0) is 13.2. The molecule has 0 radical (unpaired) electrons. The number of hydrogen-bond donors (Lipinski definition) is 0. The van der Waals surface area contributed by atoms with E-state index in [9.17, 15) is 4.79 Å². The summed E-state index contributed by atoms with van der Waals surface area (Å²) in [6.07, 6.45) is 3.52. The summed E-state index contributed by atoms with van der Waals surface area (Å²) in [6, 6.07) is 5.87. The summed E-state index contributed by atoms with van der Waals surface area (Å²) in [5.74, 6) is 0.969. The van der Waals surface area contributed by atoms with Gasteiger partial charge in [-0.2, -0.15) is 0 Å². The molecule has 0 N–H and O–H groups in total. The molecule has 4 heteroatoms. The highest BCUT2D eigenvalue weighted by molar-refractivity contribution is 6.01. The molecule has 0 bridgehead atoms. The summed E-state index contributed by atoms with van der Waals surface area (Å²) in [7, 11) is 0. The molecule has 0 spiro atoms. The molecule has 0 aromatic heterocycles. The second kappa shape index (κ2) is 5.21. The minimum absolute atomic E-state index is 0.0829. The van der Waals surface area contributed by atoms with E-state index < -0.39 is 0 Å². The molecule has 1 unspecified atom stereocenters. The van der Waals surface area contributed by atoms with E-state index in [0.29, 0.717) is 13.0 Å². The van der Waals surface area contributed by atoms with E-state index in [0.717, 1.165) is 42.9 Å². The molecule has 2 heterocycles. The second-order valence-corrected chi connectivity index (χ2v) is 4.99. The first-order chi connectivity index (χ1) is 9.29. The van der Waals surface area contributed by atoms with E-state index in [1.165, 1.54) is 0 Å². The Labute approximate surface area is 113 Å². The molecular weight excluding hydrogens is 242 g/mol. The van der Waals surface area contributed by atoms with Crippen molar-refractivity contribution in [3.05, 3.63) is 23.8 Å². The fourth-order valence-electron chi connectivity index (χ4n) is 2.82. The number of fused-ring (bicyclic) bond motifs is 1. The van der Waals surface area contributed by atoms with Gasteiger partial charge in [0.15, 0.2) is 0 Å². The summed E-state index contributed by atoms with van der Waals surface area (Å²) in [6.45, 7) is 3.35. The van der Waals surface area contributed by atoms with Gasteiger partial charge in [-0.3, -0.25) is 9.69 Å². The van der Waals surface area contributed by atoms with Crippen LogP contribution in [0.5, 0.6) is 5.75 Å². The van der Waals surface area contributed by atoms with Crippen molar-refractivity contribution >= 4 is 11.6 Å². The average Bonchev–Trinajstić information content (AvgIpc) is 2.75. The number of anilines is 1. The molecule has 19 heavy (non-hydrogen) atoms. The fourth-order valence-corrected chi connectivity index (χ4v) is 2.82. The monoisotopic (exact) mass is 261 g/mol. The maximum Gasteiger partial charge on any atom is 0.233 e. The molecule has 1 amide bonds. The summed E-state index contributed by atoms with van der Waals surface area (Å²) in [5, 5.41) is 0. The molecular formula is C15H19NO3. The SMILES string of the molecule is CCOc1ccc2c(c1)CC(=O)N2C1CCCCO1. The predicted molar refractivity (Wildman–Crippen MR) is 72.4 cm³/mol. The van der Waals surface area contributed by atoms with Crippen molar-refractivity contribution in [1.82, 2.24) is 0 Å². The van der Waals surface area contributed by atoms with Crippen LogP contribution in [0.15, 0.2) is 18.2 Å². The quantitative estimate of drug-likeness (QED) is 0.839. The molecule has 0 saturated carbocycles. The Hall–Kier alpha value is -1.55. The van der Waals surface area contributed by atoms with Crippen LogP contribution in [0.25, 0.3) is 0 Å². The van der Waals surface area contributed by atoms with Crippen molar-refractivity contribution in [1.29, 1.82) is 0 Å². The summed E-state index contributed by atoms with van der Waals surface area (Å²) < 4.78 is 11.2. The van der Waals surface area contributed by atoms with Crippen molar-refractivity contribution in [3.8, 4) is 5.75 Å². The van der Waals surface area contributed by atoms with Gasteiger partial charge in [0.1, 0.15) is 12.0 Å². The maximum atomic E-state index is 12.2. The first-order valence-corrected chi connectivity index (χ1v) is 6.99. The van der Waals surface area contributed by atoms with Crippen LogP contribution in [0.3, 0.4) is 0 Å². The Balaban J connectivity index is 1.86. The number of benzene rings is 1. The van der Waals surface area contributed by atoms with Crippen LogP contribution >= 0.6 is 0 Å². The van der Waals surface area contributed by atoms with Gasteiger partial charge in [0.05, 0.1) is 18.7 Å². The van der Waals surface area contributed by atoms with Crippen LogP contribution in [0.4, 0.5) is 5.69 Å². The van der Waals surface area contributed by atoms with Crippen LogP contribution in [-0.2, 0) is 16.0 Å². The predicted octanol–water partition coefficient (Wildman–Crippen LogP) is 2.50. The molecule has 3 rings (SSSR count). The fraction of sp³-hybridized carbons (Fsp3) is 0.533. The normalized spacial score (nSPS) is 22.5. The molecule has 1 atom stereocenters. The number of nitrogens with zero attached hydrogens (tertiary/aromatic N) is 1. The summed E-state index contributed by atoms with van der Waals surface area (Å²) in [5.41, 5.74) is 2.03. The van der Waals surface area contributed by atoms with Gasteiger partial charge in [0, 0.05) is 6.61 Å². The Bertz CT molecular complexity index is 480. The summed E-state index contributed by atoms with van der Waals surface area (Å²) >= 11 is 0. The highest BCUT2D eigenvalue weighted by Crippen LogP contribution is 2.35. The highest BCUT2D eigenvalue weighted by atomic mass is 16.5. The van der Waals surface area contributed by atoms with E-state index >= 15 is 0 Å². The molecule has 1 aromatic carbocycles. The van der Waals surface area contributed by atoms with Crippen LogP contribution in [0.1, 0.15) is 31.7 Å². The molecule has 102 valence electrons. The minimum atomic E-state index is -0.0829. The first kappa shape index (κ1) is 12.5. The third kappa shape index (κ3) is 2.32. The lowest BCUT2D eigenvalue weighted by Gasteiger charge is -2.31. The average molecular weight is 261 g/mol. The number of carbonyl (C=O) groups is 1. The van der Waals surface area contributed by atoms with E-state index in [-0.39, 0.29) is 12.1 Å². The second-order valence-electron chi connectivity index (χ2n) is 4.99. The van der Waals surface area contributed by atoms with Crippen LogP contribution in [0.2, 0.25) is 0 Å². The Morgan fingerprint density at radius 1 is 1.42 bits per heavy atom. The number of ether oxygens (including phenoxy) is 2. The number of carbonyl (C=O) groups excluding carboxylic acids is 1. The van der Waals surface area contributed by atoms with E-state index in [4.69, 9.17) is 9.47 Å². The lowest BCUT2D eigenvalue weighted by Crippen LogP contribution is -2.41. The van der Waals surface area contributed by atoms with Gasteiger partial charge in [0.25, 0.3) is 0 Å². The first-order valence-electron chi connectivity index (χ1n) is 6.99. The molecule has 1 aromatic rings. The van der Waals surface area contributed by atoms with E-state index in [1.54, 1.807) is 0 Å². The molecule has 1 saturated heterocycles. The molecule has 2 aliphatic heterocycles. The van der Waals surface area contributed by atoms with Crippen molar-refractivity contribution in [2.45, 2.75) is 38.8 Å². The Morgan fingerprint density at radius 2 is 2.32 bits per heavy atom. The van der Waals surface area contributed by atoms with Crippen LogP contribution in [-0.4, -0.2) is 25.3 Å². The van der Waals surface area contributed by atoms with E-state index in [1.807, 2.05) is 30.0 Å². The molecule has 0 aliphatic carbocycles. The number of hydrogen-bond acceptors (Lipinski definition) is 3. The van der Waals surface area contributed by atoms with Gasteiger partial charge in [-0.25, -0.2) is 0 Å². The Kier molecular flexibility index (Phi) is 3.42. The minimum Gasteiger partial charge on any atom is -0.494 e. The van der Waals surface area contributed by atoms with Gasteiger partial charge in [0.2, 0.25) is 5.91 Å². The van der Waals surface area contributed by atoms with Crippen molar-refractivity contribution in [3.63, 3.8) is 0 Å². The van der Waals surface area contributed by atoms with Gasteiger partial charge < -0.3 is 9.47 Å². The zero-order valence-electron chi connectivity index (χ0n) is 11.2. The van der Waals surface area contributed by atoms with Crippen LogP contribution < -0.4 is 9.64 Å². The van der Waals surface area contributed by atoms with Crippen LogP contribution in [0, 0.1) is 0 Å². The van der Waals surface area contributed by atoms with Crippen molar-refractivity contribution in [2.24, 2.45) is 0 Å². The van der Waals surface area contributed by atoms with Crippen molar-refractivity contribution in [2.75, 3.05) is 18.1 Å². The summed E-state index contributed by atoms with van der Waals surface area (Å²) in [4.78, 5) is 14.0. The zero-order valence-corrected chi connectivity index (χ0v) is 11.2. The van der Waals surface area contributed by atoms with Crippen molar-refractivity contribution < 1.29 is 14.3 Å². The van der Waals surface area contributed by atoms with Gasteiger partial charge in [-0.05, 0) is 49.9 Å². The third-order valence-electron chi connectivity index (χ3n) is 3.68. The van der Waals surface area contributed by atoms with Gasteiger partial charge >= 0.3 is 0 Å². The lowest BCUT2D eigenvalue weighted by molar-refractivity contribution is -0.120. The molecule has 2 aliphatic rings. The number of rotatable bonds is 3. The third-order valence-corrected chi connectivity index (χ3v) is 3.68. The van der Waals surface area contributed by atoms with E-state index in [2.05, 4.69) is 0 Å². The molecule has 4 nitrogen and oxygen atoms in total. The lowest BCUT2D eigenvalue weighted by atomic mass is 10.1. The van der Waals surface area contributed by atoms with Gasteiger partial charge in [-0.15, -0.1) is 0 Å². The maximum absolute atomic E-state index is 12.2. The largest absolute Gasteiger partial charge is 0.494 e. The standard InChI is InChI=1S/C15H19NO3/c1-2-18-12-6-7-13-11(9-12)10-14(17)16(13)15-5-3-4-8-19-15/h6-7,9,15H,2-5,8,10H2,1H3. The highest BCUT2D eigenvalue weighted by Gasteiger charge is 2.34. The smallest absolute Gasteiger partial charge is 0.233 e. The van der Waals surface area contributed by atoms with Gasteiger partial charge in [-0.1, -0.05) is 0 Å². The Morgan fingerprint density at radius 3 is 3.05 bits per heavy atom. The molecule has 1 fully saturated rings. The number of amides is 1.